The average Bonchev–Trinajstić information content (AvgIpc) is 1.44. The van der Waals surface area contributed by atoms with Gasteiger partial charge in [0.1, 0.15) is 0 Å². The number of nitrogens with zero attached hydrogens (tertiary/aromatic N) is 2. The van der Waals surface area contributed by atoms with Gasteiger partial charge in [0.15, 0.2) is 0 Å². The molecule has 0 saturated heterocycles. The van der Waals surface area contributed by atoms with Crippen molar-refractivity contribution in [3.63, 3.8) is 0 Å². The van der Waals surface area contributed by atoms with Crippen LogP contribution in [-0.2, 0) is 10.8 Å². The van der Waals surface area contributed by atoms with Crippen LogP contribution < -0.4 is 9.80 Å². The Kier molecular flexibility index (Phi) is 12.1. The van der Waals surface area contributed by atoms with Crippen LogP contribution in [0, 0.1) is 0 Å². The Hall–Kier alpha value is -10.3. The summed E-state index contributed by atoms with van der Waals surface area (Å²) in [5.41, 5.74) is 23.9. The molecule has 14 aromatic carbocycles. The van der Waals surface area contributed by atoms with E-state index in [0.29, 0.717) is 0 Å². The quantitative estimate of drug-likeness (QED) is 0.113. The summed E-state index contributed by atoms with van der Waals surface area (Å²) in [6.07, 6.45) is 0. The van der Waals surface area contributed by atoms with E-state index in [1.165, 1.54) is 122 Å². The zero-order valence-corrected chi connectivity index (χ0v) is 48.9. The van der Waals surface area contributed by atoms with Gasteiger partial charge >= 0.3 is 0 Å². The van der Waals surface area contributed by atoms with E-state index in [4.69, 9.17) is 0 Å². The lowest BCUT2D eigenvalue weighted by molar-refractivity contribution is 0.768. The van der Waals surface area contributed by atoms with Crippen LogP contribution in [0.2, 0.25) is 0 Å². The molecule has 0 heterocycles. The number of benzene rings is 14. The van der Waals surface area contributed by atoms with E-state index in [-0.39, 0.29) is 11.8 Å². The van der Waals surface area contributed by atoms with Crippen LogP contribution in [0.15, 0.2) is 303 Å². The number of fused-ring (bicyclic) bond motifs is 6. The molecule has 2 heteroatoms. The minimum atomic E-state index is -0.497. The summed E-state index contributed by atoms with van der Waals surface area (Å²) in [6, 6.07) is 114. The maximum atomic E-state index is 2.51. The van der Waals surface area contributed by atoms with Crippen LogP contribution in [-0.4, -0.2) is 0 Å². The van der Waals surface area contributed by atoms with E-state index < -0.39 is 10.8 Å². The molecule has 2 aliphatic carbocycles. The lowest BCUT2D eigenvalue weighted by Gasteiger charge is -2.35. The first-order valence-electron chi connectivity index (χ1n) is 30.5. The van der Waals surface area contributed by atoms with Crippen molar-refractivity contribution in [3.05, 3.63) is 359 Å². The van der Waals surface area contributed by atoms with E-state index >= 15 is 0 Å². The molecular weight excluding hydrogens is 1040 g/mol. The smallest absolute Gasteiger partial charge is 0.0713 e. The molecule has 0 amide bonds. The van der Waals surface area contributed by atoms with Crippen LogP contribution in [0.3, 0.4) is 0 Å². The van der Waals surface area contributed by atoms with E-state index in [9.17, 15) is 0 Å². The Labute approximate surface area is 504 Å². The average molecular weight is 1100 g/mol. The molecule has 14 aromatic rings. The van der Waals surface area contributed by atoms with Crippen molar-refractivity contribution in [2.24, 2.45) is 0 Å². The van der Waals surface area contributed by atoms with E-state index in [1.807, 2.05) is 0 Å². The molecule has 86 heavy (non-hydrogen) atoms. The van der Waals surface area contributed by atoms with E-state index in [1.54, 1.807) is 0 Å². The molecule has 0 atom stereocenters. The van der Waals surface area contributed by atoms with Gasteiger partial charge in [-0.1, -0.05) is 270 Å². The minimum absolute atomic E-state index is 0.243. The molecule has 410 valence electrons. The highest BCUT2D eigenvalue weighted by molar-refractivity contribution is 6.29. The summed E-state index contributed by atoms with van der Waals surface area (Å²) >= 11 is 0. The van der Waals surface area contributed by atoms with Gasteiger partial charge in [0, 0.05) is 33.5 Å². The standard InChI is InChI=1S/C84H64N2/c1-55(2)73-53-79(85(61-29-13-7-14-30-61)63-45-41-59(42-46-63)83(57-25-9-5-10-26-57)75-37-21-17-33-65(75)66-34-18-22-38-76(66)83)71-52-50-70-74(56(3)4)54-80(72-51-49-69(73)81(71)82(70)72)86(62-31-15-8-16-32-62)64-47-43-60(44-48-64)84(58-27-11-6-12-28-58)77-39-23-19-35-67(77)68-36-20-24-40-78(68)84/h5-56H,1-4H3. The van der Waals surface area contributed by atoms with Crippen molar-refractivity contribution in [3.8, 4) is 22.3 Å². The van der Waals surface area contributed by atoms with Crippen LogP contribution >= 0.6 is 0 Å². The van der Waals surface area contributed by atoms with Crippen LogP contribution in [0.25, 0.3) is 54.6 Å². The summed E-state index contributed by atoms with van der Waals surface area (Å²) < 4.78 is 0. The first-order chi connectivity index (χ1) is 42.3. The molecule has 0 N–H and O–H groups in total. The molecule has 0 aliphatic heterocycles. The molecule has 2 nitrogen and oxygen atoms in total. The molecular formula is C84H64N2. The number of hydrogen-bond donors (Lipinski definition) is 0. The number of hydrogen-bond acceptors (Lipinski definition) is 2. The fourth-order valence-electron chi connectivity index (χ4n) is 15.5. The van der Waals surface area contributed by atoms with Crippen LogP contribution in [0.4, 0.5) is 34.1 Å². The fraction of sp³-hybridized carbons (Fsp3) is 0.0952. The van der Waals surface area contributed by atoms with Gasteiger partial charge in [-0.2, -0.15) is 0 Å². The van der Waals surface area contributed by atoms with Crippen molar-refractivity contribution >= 4 is 66.4 Å². The highest BCUT2D eigenvalue weighted by Gasteiger charge is 2.47. The molecule has 0 unspecified atom stereocenters. The van der Waals surface area contributed by atoms with Gasteiger partial charge < -0.3 is 9.80 Å². The summed E-state index contributed by atoms with van der Waals surface area (Å²) in [5, 5.41) is 7.65. The minimum Gasteiger partial charge on any atom is -0.310 e. The Morgan fingerprint density at radius 3 is 0.814 bits per heavy atom. The fourth-order valence-corrected chi connectivity index (χ4v) is 15.5. The Morgan fingerprint density at radius 2 is 0.500 bits per heavy atom. The van der Waals surface area contributed by atoms with Gasteiger partial charge in [-0.05, 0) is 172 Å². The second kappa shape index (κ2) is 20.2. The van der Waals surface area contributed by atoms with E-state index in [2.05, 4.69) is 341 Å². The second-order valence-electron chi connectivity index (χ2n) is 24.2. The molecule has 0 spiro atoms. The molecule has 0 radical (unpaired) electrons. The molecule has 2 aliphatic rings. The van der Waals surface area contributed by atoms with Crippen molar-refractivity contribution in [2.45, 2.75) is 50.4 Å². The SMILES string of the molecule is CC(C)c1cc(N(c2ccccc2)c2ccc(C3(c4ccccc4)c4ccccc4-c4ccccc43)cc2)c2ccc3c(C(C)C)cc(N(c4ccccc4)c4ccc(C5(c6ccccc6)c6ccccc6-c6ccccc65)cc4)c4ccc1c2c34. The number of anilines is 6. The Morgan fingerprint density at radius 1 is 0.244 bits per heavy atom. The maximum Gasteiger partial charge on any atom is 0.0713 e. The summed E-state index contributed by atoms with van der Waals surface area (Å²) in [4.78, 5) is 5.03. The summed E-state index contributed by atoms with van der Waals surface area (Å²) in [6.45, 7) is 9.42. The van der Waals surface area contributed by atoms with Crippen molar-refractivity contribution in [2.75, 3.05) is 9.80 Å². The molecule has 0 bridgehead atoms. The van der Waals surface area contributed by atoms with Gasteiger partial charge in [-0.15, -0.1) is 0 Å². The topological polar surface area (TPSA) is 6.48 Å². The highest BCUT2D eigenvalue weighted by atomic mass is 15.2. The lowest BCUT2D eigenvalue weighted by atomic mass is 9.67. The number of rotatable bonds is 12. The van der Waals surface area contributed by atoms with Gasteiger partial charge in [0.25, 0.3) is 0 Å². The number of para-hydroxylation sites is 2. The second-order valence-corrected chi connectivity index (χ2v) is 24.2. The first kappa shape index (κ1) is 51.4. The molecule has 16 rings (SSSR count). The normalized spacial score (nSPS) is 13.5. The van der Waals surface area contributed by atoms with Gasteiger partial charge in [-0.25, -0.2) is 0 Å². The zero-order chi connectivity index (χ0) is 57.7. The maximum absolute atomic E-state index is 2.51. The summed E-state index contributed by atoms with van der Waals surface area (Å²) in [5.74, 6) is 0.487. The van der Waals surface area contributed by atoms with Crippen molar-refractivity contribution < 1.29 is 0 Å². The van der Waals surface area contributed by atoms with Gasteiger partial charge in [-0.3, -0.25) is 0 Å². The molecule has 0 saturated carbocycles. The van der Waals surface area contributed by atoms with Crippen molar-refractivity contribution in [1.82, 2.24) is 0 Å². The van der Waals surface area contributed by atoms with Crippen LogP contribution in [0.1, 0.15) is 95.2 Å². The highest BCUT2D eigenvalue weighted by Crippen LogP contribution is 2.59. The van der Waals surface area contributed by atoms with E-state index in [0.717, 1.165) is 22.7 Å². The van der Waals surface area contributed by atoms with Gasteiger partial charge in [0.05, 0.1) is 22.2 Å². The largest absolute Gasteiger partial charge is 0.310 e. The third-order valence-electron chi connectivity index (χ3n) is 19.1. The third kappa shape index (κ3) is 7.52. The lowest BCUT2D eigenvalue weighted by Crippen LogP contribution is -2.28. The monoisotopic (exact) mass is 1100 g/mol. The Balaban J connectivity index is 0.903. The van der Waals surface area contributed by atoms with Gasteiger partial charge in [0.2, 0.25) is 0 Å². The Bertz CT molecular complexity index is 4450. The zero-order valence-electron chi connectivity index (χ0n) is 48.9. The molecule has 0 aromatic heterocycles. The first-order valence-corrected chi connectivity index (χ1v) is 30.5. The summed E-state index contributed by atoms with van der Waals surface area (Å²) in [7, 11) is 0. The molecule has 0 fully saturated rings. The predicted molar refractivity (Wildman–Crippen MR) is 362 cm³/mol. The van der Waals surface area contributed by atoms with Crippen LogP contribution in [0.5, 0.6) is 0 Å². The predicted octanol–water partition coefficient (Wildman–Crippen LogP) is 22.5. The third-order valence-corrected chi connectivity index (χ3v) is 19.1. The van der Waals surface area contributed by atoms with Crippen molar-refractivity contribution in [1.29, 1.82) is 0 Å².